The molecule has 3 aromatic rings. The van der Waals surface area contributed by atoms with Crippen molar-refractivity contribution in [3.8, 4) is 5.75 Å². The van der Waals surface area contributed by atoms with Gasteiger partial charge in [0.05, 0.1) is 20.3 Å². The number of carbonyl (C=O) groups is 1. The molecule has 1 aromatic heterocycles. The Morgan fingerprint density at radius 2 is 1.67 bits per heavy atom. The molecule has 208 valence electrons. The van der Waals surface area contributed by atoms with Crippen LogP contribution in [0.5, 0.6) is 5.75 Å². The molecule has 39 heavy (non-hydrogen) atoms. The number of carbonyl (C=O) groups excluding carboxylic acids is 1. The van der Waals surface area contributed by atoms with Crippen molar-refractivity contribution in [2.45, 2.75) is 24.2 Å². The molecule has 0 unspecified atom stereocenters. The van der Waals surface area contributed by atoms with Crippen LogP contribution in [0.1, 0.15) is 27.2 Å². The van der Waals surface area contributed by atoms with Gasteiger partial charge >= 0.3 is 6.18 Å². The summed E-state index contributed by atoms with van der Waals surface area (Å²) in [5.74, 6) is -0.923. The van der Waals surface area contributed by atoms with Crippen molar-refractivity contribution in [3.05, 3.63) is 89.0 Å². The van der Waals surface area contributed by atoms with Crippen LogP contribution < -0.4 is 4.74 Å². The summed E-state index contributed by atoms with van der Waals surface area (Å²) in [5, 5.41) is 0. The summed E-state index contributed by atoms with van der Waals surface area (Å²) in [6.45, 7) is 0.832. The number of sulfonamides is 1. The molecule has 0 spiro atoms. The maximum absolute atomic E-state index is 14.0. The molecule has 13 heteroatoms. The molecule has 1 fully saturated rings. The van der Waals surface area contributed by atoms with Gasteiger partial charge in [-0.3, -0.25) is 9.78 Å². The minimum Gasteiger partial charge on any atom is -0.495 e. The summed E-state index contributed by atoms with van der Waals surface area (Å²) in [6, 6.07) is 11.1. The predicted molar refractivity (Wildman–Crippen MR) is 132 cm³/mol. The summed E-state index contributed by atoms with van der Waals surface area (Å²) in [4.78, 5) is 17.7. The Morgan fingerprint density at radius 3 is 2.26 bits per heavy atom. The minimum atomic E-state index is -4.65. The molecule has 0 atom stereocenters. The number of ether oxygens (including phenoxy) is 2. The average Bonchev–Trinajstić information content (AvgIpc) is 2.93. The first kappa shape index (κ1) is 28.5. The summed E-state index contributed by atoms with van der Waals surface area (Å²) < 4.78 is 92.0. The smallest absolute Gasteiger partial charge is 0.433 e. The second kappa shape index (κ2) is 11.7. The molecule has 1 saturated heterocycles. The van der Waals surface area contributed by atoms with Crippen molar-refractivity contribution >= 4 is 15.9 Å². The Hall–Kier alpha value is -3.55. The molecule has 4 rings (SSSR count). The molecular weight excluding hydrogens is 542 g/mol. The number of benzene rings is 2. The van der Waals surface area contributed by atoms with E-state index in [2.05, 4.69) is 4.98 Å². The van der Waals surface area contributed by atoms with Crippen molar-refractivity contribution in [1.29, 1.82) is 0 Å². The van der Waals surface area contributed by atoms with E-state index in [0.717, 1.165) is 22.6 Å². The lowest BCUT2D eigenvalue weighted by atomic mass is 10.2. The van der Waals surface area contributed by atoms with Crippen molar-refractivity contribution < 1.29 is 40.2 Å². The van der Waals surface area contributed by atoms with E-state index in [-0.39, 0.29) is 40.8 Å². The molecule has 0 bridgehead atoms. The van der Waals surface area contributed by atoms with Gasteiger partial charge in [-0.15, -0.1) is 0 Å². The molecule has 1 aliphatic heterocycles. The van der Waals surface area contributed by atoms with Crippen LogP contribution >= 0.6 is 0 Å². The molecule has 8 nitrogen and oxygen atoms in total. The summed E-state index contributed by atoms with van der Waals surface area (Å²) in [6.07, 6.45) is -3.70. The van der Waals surface area contributed by atoms with E-state index in [9.17, 15) is 30.8 Å². The zero-order valence-corrected chi connectivity index (χ0v) is 21.6. The van der Waals surface area contributed by atoms with E-state index in [1.165, 1.54) is 49.6 Å². The van der Waals surface area contributed by atoms with Gasteiger partial charge in [-0.1, -0.05) is 18.2 Å². The Morgan fingerprint density at radius 1 is 1.03 bits per heavy atom. The first-order valence-electron chi connectivity index (χ1n) is 11.8. The third-order valence-electron chi connectivity index (χ3n) is 6.07. The van der Waals surface area contributed by atoms with Crippen molar-refractivity contribution in [3.63, 3.8) is 0 Å². The maximum Gasteiger partial charge on any atom is 0.433 e. The van der Waals surface area contributed by atoms with E-state index in [1.54, 1.807) is 4.90 Å². The quantitative estimate of drug-likeness (QED) is 0.381. The average molecular weight is 568 g/mol. The predicted octanol–water partition coefficient (Wildman–Crippen LogP) is 4.11. The Balaban J connectivity index is 1.72. The lowest BCUT2D eigenvalue weighted by molar-refractivity contribution is -0.141. The normalized spacial score (nSPS) is 14.5. The van der Waals surface area contributed by atoms with Gasteiger partial charge in [0.15, 0.2) is 0 Å². The molecule has 0 radical (unpaired) electrons. The second-order valence-corrected chi connectivity index (χ2v) is 10.6. The van der Waals surface area contributed by atoms with Gasteiger partial charge in [0.25, 0.3) is 5.91 Å². The van der Waals surface area contributed by atoms with Crippen LogP contribution in [0.4, 0.5) is 17.6 Å². The highest BCUT2D eigenvalue weighted by Crippen LogP contribution is 2.31. The highest BCUT2D eigenvalue weighted by Gasteiger charge is 2.33. The number of halogens is 4. The Bertz CT molecular complexity index is 1410. The summed E-state index contributed by atoms with van der Waals surface area (Å²) in [5.41, 5.74) is -0.378. The van der Waals surface area contributed by atoms with Crippen LogP contribution in [0.2, 0.25) is 0 Å². The Kier molecular flexibility index (Phi) is 8.52. The fourth-order valence-electron chi connectivity index (χ4n) is 4.01. The molecule has 0 saturated carbocycles. The van der Waals surface area contributed by atoms with Gasteiger partial charge in [-0.25, -0.2) is 12.8 Å². The van der Waals surface area contributed by atoms with E-state index in [0.29, 0.717) is 31.9 Å². The largest absolute Gasteiger partial charge is 0.495 e. The second-order valence-electron chi connectivity index (χ2n) is 8.72. The number of pyridine rings is 1. The molecular formula is C26H25F4N3O5S. The first-order valence-corrected chi connectivity index (χ1v) is 13.2. The first-order chi connectivity index (χ1) is 18.5. The number of hydrogen-bond donors (Lipinski definition) is 0. The number of hydrogen-bond acceptors (Lipinski definition) is 6. The minimum absolute atomic E-state index is 0.0248. The molecule has 2 aromatic carbocycles. The lowest BCUT2D eigenvalue weighted by Crippen LogP contribution is -2.40. The highest BCUT2D eigenvalue weighted by atomic mass is 32.2. The van der Waals surface area contributed by atoms with Crippen molar-refractivity contribution in [1.82, 2.24) is 14.2 Å². The van der Waals surface area contributed by atoms with Gasteiger partial charge in [0.2, 0.25) is 10.0 Å². The maximum atomic E-state index is 14.0. The SMILES string of the molecule is COc1ccc(C(=O)N2CCOCC2)cc1S(=O)(=O)N(Cc1ccc(F)cc1)Cc1ccc(C(F)(F)F)nc1. The Labute approximate surface area is 222 Å². The third kappa shape index (κ3) is 6.72. The zero-order valence-electron chi connectivity index (χ0n) is 20.8. The number of nitrogens with zero attached hydrogens (tertiary/aromatic N) is 3. The molecule has 2 heterocycles. The van der Waals surface area contributed by atoms with Crippen LogP contribution in [-0.2, 0) is 34.0 Å². The molecule has 1 aliphatic rings. The summed E-state index contributed by atoms with van der Waals surface area (Å²) >= 11 is 0. The van der Waals surface area contributed by atoms with Crippen LogP contribution in [0.25, 0.3) is 0 Å². The number of aromatic nitrogens is 1. The van der Waals surface area contributed by atoms with Gasteiger partial charge < -0.3 is 14.4 Å². The standard InChI is InChI=1S/C26H25F4N3O5S/c1-37-22-8-5-20(25(34)32-10-12-38-13-11-32)14-23(22)39(35,36)33(16-18-2-6-21(27)7-3-18)17-19-4-9-24(31-15-19)26(28,29)30/h2-9,14-15H,10-13,16-17H2,1H3. The highest BCUT2D eigenvalue weighted by molar-refractivity contribution is 7.89. The topological polar surface area (TPSA) is 89.0 Å². The molecule has 1 amide bonds. The lowest BCUT2D eigenvalue weighted by Gasteiger charge is -2.27. The number of methoxy groups -OCH3 is 1. The van der Waals surface area contributed by atoms with E-state index >= 15 is 0 Å². The number of morpholine rings is 1. The van der Waals surface area contributed by atoms with E-state index in [4.69, 9.17) is 9.47 Å². The number of amides is 1. The zero-order chi connectivity index (χ0) is 28.2. The van der Waals surface area contributed by atoms with Crippen LogP contribution in [-0.4, -0.2) is 61.9 Å². The van der Waals surface area contributed by atoms with Gasteiger partial charge in [0, 0.05) is 37.9 Å². The third-order valence-corrected chi connectivity index (χ3v) is 7.89. The van der Waals surface area contributed by atoms with E-state index in [1.807, 2.05) is 0 Å². The van der Waals surface area contributed by atoms with Crippen LogP contribution in [0.3, 0.4) is 0 Å². The van der Waals surface area contributed by atoms with Gasteiger partial charge in [-0.05, 0) is 47.5 Å². The fraction of sp³-hybridized carbons (Fsp3) is 0.308. The van der Waals surface area contributed by atoms with Crippen molar-refractivity contribution in [2.75, 3.05) is 33.4 Å². The molecule has 0 aliphatic carbocycles. The van der Waals surface area contributed by atoms with Crippen LogP contribution in [0.15, 0.2) is 65.7 Å². The summed E-state index contributed by atoms with van der Waals surface area (Å²) in [7, 11) is -3.13. The van der Waals surface area contributed by atoms with Crippen molar-refractivity contribution in [2.24, 2.45) is 0 Å². The number of alkyl halides is 3. The molecule has 0 N–H and O–H groups in total. The monoisotopic (exact) mass is 567 g/mol. The number of rotatable bonds is 8. The van der Waals surface area contributed by atoms with Gasteiger partial charge in [0.1, 0.15) is 22.2 Å². The van der Waals surface area contributed by atoms with Gasteiger partial charge in [-0.2, -0.15) is 17.5 Å². The van der Waals surface area contributed by atoms with Crippen LogP contribution in [0, 0.1) is 5.82 Å². The van der Waals surface area contributed by atoms with E-state index < -0.39 is 27.7 Å². The fourth-order valence-corrected chi connectivity index (χ4v) is 5.61.